The van der Waals surface area contributed by atoms with Gasteiger partial charge in [0.05, 0.1) is 13.2 Å². The number of nitrogens with one attached hydrogen (secondary N) is 1. The third kappa shape index (κ3) is 3.58. The molecule has 6 nitrogen and oxygen atoms in total. The van der Waals surface area contributed by atoms with Crippen LogP contribution in [0.2, 0.25) is 0 Å². The Morgan fingerprint density at radius 1 is 1.27 bits per heavy atom. The molecule has 0 saturated heterocycles. The van der Waals surface area contributed by atoms with Crippen LogP contribution in [0.3, 0.4) is 0 Å². The lowest BCUT2D eigenvalue weighted by molar-refractivity contribution is 0.356. The van der Waals surface area contributed by atoms with Crippen molar-refractivity contribution in [2.24, 2.45) is 4.99 Å². The number of pyridine rings is 1. The molecule has 2 aromatic heterocycles. The van der Waals surface area contributed by atoms with Crippen LogP contribution in [0.5, 0.6) is 5.75 Å². The van der Waals surface area contributed by atoms with Gasteiger partial charge in [-0.15, -0.1) is 0 Å². The minimum absolute atomic E-state index is 0.192. The highest BCUT2D eigenvalue weighted by Gasteiger charge is 2.19. The number of hydrogen-bond acceptors (Lipinski definition) is 5. The van der Waals surface area contributed by atoms with Crippen LogP contribution in [-0.2, 0) is 13.0 Å². The van der Waals surface area contributed by atoms with Crippen LogP contribution >= 0.6 is 0 Å². The standard InChI is InChI=1S/C23H24FN5O/c1-4-11-29-22(25-3)19(16-6-5-10-26-15(16)2)14-28-23(29)27-13-18-17-9-12-30-21(17)8-7-20(18)24/h4-8,10-11,14,25H,9,12-13H2,1-3H3/b11-4-,27-23?. The van der Waals surface area contributed by atoms with E-state index in [1.807, 2.05) is 49.9 Å². The third-order valence-corrected chi connectivity index (χ3v) is 5.17. The topological polar surface area (TPSA) is 64.3 Å². The van der Waals surface area contributed by atoms with E-state index in [0.29, 0.717) is 24.2 Å². The van der Waals surface area contributed by atoms with Crippen LogP contribution in [0, 0.1) is 12.7 Å². The summed E-state index contributed by atoms with van der Waals surface area (Å²) in [7, 11) is 1.86. The molecule has 1 aromatic carbocycles. The minimum Gasteiger partial charge on any atom is -0.493 e. The molecular formula is C23H24FN5O. The summed E-state index contributed by atoms with van der Waals surface area (Å²) in [6.45, 7) is 4.66. The molecule has 1 aliphatic heterocycles. The summed E-state index contributed by atoms with van der Waals surface area (Å²) in [5, 5.41) is 3.26. The fraction of sp³-hybridized carbons (Fsp3) is 0.261. The van der Waals surface area contributed by atoms with E-state index >= 15 is 0 Å². The number of fused-ring (bicyclic) bond motifs is 1. The maximum atomic E-state index is 14.5. The molecule has 0 radical (unpaired) electrons. The number of anilines is 1. The van der Waals surface area contributed by atoms with Crippen LogP contribution in [0.1, 0.15) is 23.7 Å². The number of aryl methyl sites for hydroxylation is 1. The summed E-state index contributed by atoms with van der Waals surface area (Å²) in [6, 6.07) is 7.04. The first kappa shape index (κ1) is 19.8. The fourth-order valence-electron chi connectivity index (χ4n) is 3.74. The maximum absolute atomic E-state index is 14.5. The van der Waals surface area contributed by atoms with Gasteiger partial charge in [0.2, 0.25) is 5.62 Å². The van der Waals surface area contributed by atoms with Crippen LogP contribution in [0.15, 0.2) is 47.7 Å². The van der Waals surface area contributed by atoms with Crippen LogP contribution in [0.4, 0.5) is 10.2 Å². The van der Waals surface area contributed by atoms with Crippen LogP contribution < -0.4 is 15.7 Å². The monoisotopic (exact) mass is 405 g/mol. The first-order valence-corrected chi connectivity index (χ1v) is 9.91. The predicted octanol–water partition coefficient (Wildman–Crippen LogP) is 3.96. The molecule has 0 aliphatic carbocycles. The van der Waals surface area contributed by atoms with E-state index in [9.17, 15) is 4.39 Å². The lowest BCUT2D eigenvalue weighted by Crippen LogP contribution is -2.24. The van der Waals surface area contributed by atoms with Gasteiger partial charge < -0.3 is 10.1 Å². The molecule has 1 N–H and O–H groups in total. The molecule has 0 spiro atoms. The lowest BCUT2D eigenvalue weighted by atomic mass is 10.0. The van der Waals surface area contributed by atoms with E-state index in [1.54, 1.807) is 18.5 Å². The second-order valence-corrected chi connectivity index (χ2v) is 6.98. The number of hydrogen-bond donors (Lipinski definition) is 1. The number of aromatic nitrogens is 3. The summed E-state index contributed by atoms with van der Waals surface area (Å²) >= 11 is 0. The van der Waals surface area contributed by atoms with Crippen molar-refractivity contribution in [1.82, 2.24) is 14.5 Å². The van der Waals surface area contributed by atoms with Gasteiger partial charge in [-0.2, -0.15) is 0 Å². The summed E-state index contributed by atoms with van der Waals surface area (Å²) in [6.07, 6.45) is 8.05. The molecule has 0 unspecified atom stereocenters. The predicted molar refractivity (Wildman–Crippen MR) is 116 cm³/mol. The van der Waals surface area contributed by atoms with Gasteiger partial charge in [-0.05, 0) is 32.0 Å². The van der Waals surface area contributed by atoms with Crippen molar-refractivity contribution in [3.8, 4) is 16.9 Å². The Kier molecular flexibility index (Phi) is 5.61. The Labute approximate surface area is 174 Å². The van der Waals surface area contributed by atoms with Crippen LogP contribution in [-0.4, -0.2) is 28.2 Å². The second-order valence-electron chi connectivity index (χ2n) is 6.98. The van der Waals surface area contributed by atoms with Crippen molar-refractivity contribution in [1.29, 1.82) is 0 Å². The average molecular weight is 405 g/mol. The van der Waals surface area contributed by atoms with Crippen molar-refractivity contribution < 1.29 is 9.13 Å². The number of allylic oxidation sites excluding steroid dienone is 1. The van der Waals surface area contributed by atoms with Crippen molar-refractivity contribution in [2.75, 3.05) is 19.0 Å². The molecule has 0 saturated carbocycles. The van der Waals surface area contributed by atoms with Gasteiger partial charge >= 0.3 is 0 Å². The molecule has 3 heterocycles. The Morgan fingerprint density at radius 3 is 2.90 bits per heavy atom. The third-order valence-electron chi connectivity index (χ3n) is 5.17. The number of ether oxygens (including phenoxy) is 1. The highest BCUT2D eigenvalue weighted by atomic mass is 19.1. The molecule has 0 amide bonds. The molecule has 0 fully saturated rings. The molecule has 0 atom stereocenters. The SMILES string of the molecule is C/C=C\n1c(NC)c(-c2cccnc2C)cnc1=NCc1c(F)ccc2c1CCO2. The average Bonchev–Trinajstić information content (AvgIpc) is 3.23. The van der Waals surface area contributed by atoms with E-state index in [2.05, 4.69) is 20.3 Å². The Balaban J connectivity index is 1.84. The zero-order valence-corrected chi connectivity index (χ0v) is 17.3. The van der Waals surface area contributed by atoms with Gasteiger partial charge in [0, 0.05) is 60.0 Å². The van der Waals surface area contributed by atoms with E-state index in [0.717, 1.165) is 34.0 Å². The first-order valence-electron chi connectivity index (χ1n) is 9.91. The van der Waals surface area contributed by atoms with E-state index in [1.165, 1.54) is 6.07 Å². The number of benzene rings is 1. The van der Waals surface area contributed by atoms with Gasteiger partial charge in [0.15, 0.2) is 0 Å². The van der Waals surface area contributed by atoms with Crippen molar-refractivity contribution in [3.63, 3.8) is 0 Å². The summed E-state index contributed by atoms with van der Waals surface area (Å²) in [4.78, 5) is 13.6. The lowest BCUT2D eigenvalue weighted by Gasteiger charge is -2.16. The van der Waals surface area contributed by atoms with Crippen LogP contribution in [0.25, 0.3) is 17.3 Å². The minimum atomic E-state index is -0.267. The van der Waals surface area contributed by atoms with Crippen molar-refractivity contribution in [3.05, 3.63) is 71.0 Å². The van der Waals surface area contributed by atoms with Crippen molar-refractivity contribution >= 4 is 12.0 Å². The smallest absolute Gasteiger partial charge is 0.230 e. The molecule has 30 heavy (non-hydrogen) atoms. The molecular weight excluding hydrogens is 381 g/mol. The quantitative estimate of drug-likeness (QED) is 0.698. The first-order chi connectivity index (χ1) is 14.6. The van der Waals surface area contributed by atoms with Gasteiger partial charge in [0.1, 0.15) is 17.4 Å². The highest BCUT2D eigenvalue weighted by Crippen LogP contribution is 2.31. The maximum Gasteiger partial charge on any atom is 0.230 e. The second kappa shape index (κ2) is 8.49. The van der Waals surface area contributed by atoms with E-state index in [-0.39, 0.29) is 12.4 Å². The summed E-state index contributed by atoms with van der Waals surface area (Å²) < 4.78 is 21.9. The number of rotatable bonds is 5. The van der Waals surface area contributed by atoms with Crippen molar-refractivity contribution in [2.45, 2.75) is 26.8 Å². The molecule has 154 valence electrons. The zero-order valence-electron chi connectivity index (χ0n) is 17.3. The van der Waals surface area contributed by atoms with Gasteiger partial charge in [0.25, 0.3) is 0 Å². The Hall–Kier alpha value is -3.48. The Morgan fingerprint density at radius 2 is 2.13 bits per heavy atom. The number of nitrogens with zero attached hydrogens (tertiary/aromatic N) is 4. The van der Waals surface area contributed by atoms with Gasteiger partial charge in [-0.1, -0.05) is 12.1 Å². The summed E-state index contributed by atoms with van der Waals surface area (Å²) in [5.74, 6) is 1.31. The highest BCUT2D eigenvalue weighted by molar-refractivity contribution is 5.77. The van der Waals surface area contributed by atoms with E-state index < -0.39 is 0 Å². The normalized spacial score (nSPS) is 13.5. The van der Waals surface area contributed by atoms with E-state index in [4.69, 9.17) is 4.74 Å². The van der Waals surface area contributed by atoms with Gasteiger partial charge in [-0.25, -0.2) is 14.4 Å². The molecule has 1 aliphatic rings. The largest absolute Gasteiger partial charge is 0.493 e. The molecule has 3 aromatic rings. The molecule has 0 bridgehead atoms. The molecule has 4 rings (SSSR count). The van der Waals surface area contributed by atoms with Gasteiger partial charge in [-0.3, -0.25) is 9.55 Å². The molecule has 7 heteroatoms. The zero-order chi connectivity index (χ0) is 21.1. The fourth-order valence-corrected chi connectivity index (χ4v) is 3.74. The Bertz CT molecular complexity index is 1180. The summed E-state index contributed by atoms with van der Waals surface area (Å²) in [5.41, 5.74) is 4.77. The number of halogens is 1.